The predicted octanol–water partition coefficient (Wildman–Crippen LogP) is 1.46. The van der Waals surface area contributed by atoms with Crippen molar-refractivity contribution in [1.29, 1.82) is 0 Å². The number of alkyl halides is 1. The number of likely N-dealkylation sites (N-methyl/N-ethyl adjacent to an activating group) is 1. The molecule has 3 heteroatoms. The fourth-order valence-corrected chi connectivity index (χ4v) is 1.65. The highest BCUT2D eigenvalue weighted by atomic mass is 35.5. The Bertz CT molecular complexity index is 107. The van der Waals surface area contributed by atoms with Crippen LogP contribution in [0.2, 0.25) is 0 Å². The summed E-state index contributed by atoms with van der Waals surface area (Å²) >= 11 is 5.57. The van der Waals surface area contributed by atoms with Crippen molar-refractivity contribution in [3.63, 3.8) is 0 Å². The number of quaternary nitrogens is 1. The number of nitrogens with zero attached hydrogens (tertiary/aromatic N) is 1. The lowest BCUT2D eigenvalue weighted by atomic mass is 10.2. The summed E-state index contributed by atoms with van der Waals surface area (Å²) in [7, 11) is 0. The monoisotopic (exact) mass is 194 g/mol. The smallest absolute Gasteiger partial charge is 0.116 e. The summed E-state index contributed by atoms with van der Waals surface area (Å²) in [5.74, 6) is 0.347. The number of hydrogen-bond acceptors (Lipinski definition) is 1. The van der Waals surface area contributed by atoms with Crippen molar-refractivity contribution in [2.45, 2.75) is 26.9 Å². The van der Waals surface area contributed by atoms with Gasteiger partial charge in [0, 0.05) is 0 Å². The van der Waals surface area contributed by atoms with Gasteiger partial charge in [-0.25, -0.2) is 0 Å². The molecule has 0 aromatic carbocycles. The summed E-state index contributed by atoms with van der Waals surface area (Å²) in [5, 5.41) is 9.44. The summed E-state index contributed by atoms with van der Waals surface area (Å²) in [5.41, 5.74) is 0. The van der Waals surface area contributed by atoms with Crippen molar-refractivity contribution in [2.75, 3.05) is 32.1 Å². The van der Waals surface area contributed by atoms with Gasteiger partial charge >= 0.3 is 0 Å². The summed E-state index contributed by atoms with van der Waals surface area (Å²) in [6.07, 6.45) is -0.355. The zero-order valence-electron chi connectivity index (χ0n) is 8.39. The van der Waals surface area contributed by atoms with E-state index in [1.807, 2.05) is 0 Å². The second-order valence-corrected chi connectivity index (χ2v) is 3.59. The molecule has 0 saturated carbocycles. The molecule has 0 spiro atoms. The van der Waals surface area contributed by atoms with E-state index in [1.54, 1.807) is 0 Å². The van der Waals surface area contributed by atoms with Crippen molar-refractivity contribution >= 4 is 11.6 Å². The Labute approximate surface area is 80.7 Å². The first-order valence-corrected chi connectivity index (χ1v) is 5.26. The van der Waals surface area contributed by atoms with Crippen LogP contribution in [0.4, 0.5) is 0 Å². The lowest BCUT2D eigenvalue weighted by Crippen LogP contribution is -2.52. The van der Waals surface area contributed by atoms with Crippen LogP contribution in [0.25, 0.3) is 0 Å². The van der Waals surface area contributed by atoms with E-state index >= 15 is 0 Å². The number of rotatable bonds is 6. The third kappa shape index (κ3) is 3.30. The van der Waals surface area contributed by atoms with Gasteiger partial charge in [0.25, 0.3) is 0 Å². The number of aliphatic hydroxyl groups is 1. The molecule has 0 bridgehead atoms. The second kappa shape index (κ2) is 5.79. The van der Waals surface area contributed by atoms with Gasteiger partial charge in [0.15, 0.2) is 0 Å². The van der Waals surface area contributed by atoms with E-state index < -0.39 is 0 Å². The van der Waals surface area contributed by atoms with Crippen LogP contribution in [0.1, 0.15) is 20.8 Å². The first-order chi connectivity index (χ1) is 5.64. The molecule has 0 fully saturated rings. The minimum Gasteiger partial charge on any atom is -0.386 e. The molecule has 0 radical (unpaired) electrons. The maximum absolute atomic E-state index is 9.44. The topological polar surface area (TPSA) is 20.2 Å². The predicted molar refractivity (Wildman–Crippen MR) is 53.5 cm³/mol. The van der Waals surface area contributed by atoms with Crippen molar-refractivity contribution < 1.29 is 9.59 Å². The fraction of sp³-hybridized carbons (Fsp3) is 1.00. The van der Waals surface area contributed by atoms with Crippen LogP contribution in [0.3, 0.4) is 0 Å². The molecule has 1 atom stereocenters. The van der Waals surface area contributed by atoms with Crippen molar-refractivity contribution in [2.24, 2.45) is 0 Å². The van der Waals surface area contributed by atoms with Crippen LogP contribution in [0, 0.1) is 0 Å². The summed E-state index contributed by atoms with van der Waals surface area (Å²) in [6, 6.07) is 0. The van der Waals surface area contributed by atoms with Crippen LogP contribution in [0.15, 0.2) is 0 Å². The van der Waals surface area contributed by atoms with E-state index in [2.05, 4.69) is 20.8 Å². The third-order valence-corrected chi connectivity index (χ3v) is 3.14. The molecule has 1 N–H and O–H groups in total. The van der Waals surface area contributed by atoms with E-state index in [0.717, 1.165) is 30.7 Å². The Morgan fingerprint density at radius 3 is 1.83 bits per heavy atom. The van der Waals surface area contributed by atoms with Gasteiger partial charge in [0.2, 0.25) is 0 Å². The highest BCUT2D eigenvalue weighted by Gasteiger charge is 2.24. The Kier molecular flexibility index (Phi) is 5.89. The first kappa shape index (κ1) is 12.2. The van der Waals surface area contributed by atoms with Gasteiger partial charge < -0.3 is 9.59 Å². The van der Waals surface area contributed by atoms with Crippen molar-refractivity contribution in [3.8, 4) is 0 Å². The highest BCUT2D eigenvalue weighted by molar-refractivity contribution is 6.18. The molecular weight excluding hydrogens is 174 g/mol. The lowest BCUT2D eigenvalue weighted by molar-refractivity contribution is -0.925. The molecule has 0 aromatic rings. The lowest BCUT2D eigenvalue weighted by Gasteiger charge is -2.37. The highest BCUT2D eigenvalue weighted by Crippen LogP contribution is 2.07. The molecule has 2 nitrogen and oxygen atoms in total. The zero-order chi connectivity index (χ0) is 9.61. The van der Waals surface area contributed by atoms with Crippen molar-refractivity contribution in [1.82, 2.24) is 0 Å². The van der Waals surface area contributed by atoms with Gasteiger partial charge in [-0.05, 0) is 20.8 Å². The van der Waals surface area contributed by atoms with Gasteiger partial charge in [-0.2, -0.15) is 0 Å². The number of aliphatic hydroxyl groups excluding tert-OH is 1. The minimum atomic E-state index is -0.355. The van der Waals surface area contributed by atoms with Gasteiger partial charge in [0.1, 0.15) is 12.6 Å². The Morgan fingerprint density at radius 1 is 1.17 bits per heavy atom. The molecule has 0 aliphatic carbocycles. The quantitative estimate of drug-likeness (QED) is 0.502. The maximum Gasteiger partial charge on any atom is 0.116 e. The second-order valence-electron chi connectivity index (χ2n) is 3.28. The minimum absolute atomic E-state index is 0.347. The molecule has 0 rings (SSSR count). The molecule has 0 heterocycles. The van der Waals surface area contributed by atoms with Gasteiger partial charge in [-0.3, -0.25) is 0 Å². The normalized spacial score (nSPS) is 14.8. The van der Waals surface area contributed by atoms with E-state index in [4.69, 9.17) is 11.6 Å². The summed E-state index contributed by atoms with van der Waals surface area (Å²) in [6.45, 7) is 10.5. The SMILES string of the molecule is CC[N+](CC)(CC)C[C@H](O)CCl. The molecule has 0 unspecified atom stereocenters. The fourth-order valence-electron chi connectivity index (χ4n) is 1.55. The molecule has 0 saturated heterocycles. The molecule has 0 aliphatic heterocycles. The standard InChI is InChI=1S/C9H21ClNO/c1-4-11(5-2,6-3)8-9(12)7-10/h9,12H,4-8H2,1-3H3/q+1/t9-/m1/s1. The molecular formula is C9H21ClNO+. The Morgan fingerprint density at radius 2 is 1.58 bits per heavy atom. The molecule has 0 aromatic heterocycles. The number of hydrogen-bond donors (Lipinski definition) is 1. The van der Waals surface area contributed by atoms with E-state index in [1.165, 1.54) is 0 Å². The zero-order valence-corrected chi connectivity index (χ0v) is 9.14. The van der Waals surface area contributed by atoms with Gasteiger partial charge in [-0.15, -0.1) is 11.6 Å². The average molecular weight is 195 g/mol. The molecule has 74 valence electrons. The molecule has 0 amide bonds. The Hall–Kier alpha value is 0.210. The van der Waals surface area contributed by atoms with Crippen LogP contribution in [0.5, 0.6) is 0 Å². The van der Waals surface area contributed by atoms with Crippen LogP contribution >= 0.6 is 11.6 Å². The van der Waals surface area contributed by atoms with E-state index in [0.29, 0.717) is 5.88 Å². The van der Waals surface area contributed by atoms with Crippen molar-refractivity contribution in [3.05, 3.63) is 0 Å². The number of halogens is 1. The van der Waals surface area contributed by atoms with Crippen LogP contribution in [-0.2, 0) is 0 Å². The largest absolute Gasteiger partial charge is 0.386 e. The van der Waals surface area contributed by atoms with Crippen LogP contribution in [-0.4, -0.2) is 47.8 Å². The Balaban J connectivity index is 4.09. The van der Waals surface area contributed by atoms with E-state index in [9.17, 15) is 5.11 Å². The van der Waals surface area contributed by atoms with Gasteiger partial charge in [-0.1, -0.05) is 0 Å². The summed E-state index contributed by atoms with van der Waals surface area (Å²) < 4.78 is 0.966. The molecule has 0 aliphatic rings. The summed E-state index contributed by atoms with van der Waals surface area (Å²) in [4.78, 5) is 0. The van der Waals surface area contributed by atoms with Gasteiger partial charge in [0.05, 0.1) is 25.5 Å². The average Bonchev–Trinajstić information content (AvgIpc) is 2.14. The molecule has 12 heavy (non-hydrogen) atoms. The van der Waals surface area contributed by atoms with Crippen LogP contribution < -0.4 is 0 Å². The first-order valence-electron chi connectivity index (χ1n) is 4.73. The van der Waals surface area contributed by atoms with E-state index in [-0.39, 0.29) is 6.10 Å². The maximum atomic E-state index is 9.44. The third-order valence-electron chi connectivity index (χ3n) is 2.79.